The molecule has 0 atom stereocenters. The second-order valence-corrected chi connectivity index (χ2v) is 1.98. The summed E-state index contributed by atoms with van der Waals surface area (Å²) in [5, 5.41) is 18.8. The molecule has 1 heterocycles. The van der Waals surface area contributed by atoms with Crippen molar-refractivity contribution in [1.82, 2.24) is 4.98 Å². The maximum atomic E-state index is 10.2. The summed E-state index contributed by atoms with van der Waals surface area (Å²) in [6.07, 6.45) is 1.32. The van der Waals surface area contributed by atoms with Crippen molar-refractivity contribution in [3.63, 3.8) is 0 Å². The minimum atomic E-state index is -1.26. The number of hydrogen-bond acceptors (Lipinski definition) is 4. The topological polar surface area (TPSA) is 73.2 Å². The maximum absolute atomic E-state index is 10.2. The molecule has 1 rings (SSSR count). The summed E-state index contributed by atoms with van der Waals surface area (Å²) in [6.45, 7) is -0.263. The first kappa shape index (κ1) is 11.6. The van der Waals surface area contributed by atoms with Gasteiger partial charge in [0.15, 0.2) is 0 Å². The van der Waals surface area contributed by atoms with Gasteiger partial charge in [0, 0.05) is 11.8 Å². The normalized spacial score (nSPS) is 8.75. The summed E-state index contributed by atoms with van der Waals surface area (Å²) < 4.78 is 0. The van der Waals surface area contributed by atoms with Gasteiger partial charge in [-0.2, -0.15) is 0 Å². The third kappa shape index (κ3) is 2.91. The van der Waals surface area contributed by atoms with Crippen LogP contribution >= 0.6 is 0 Å². The van der Waals surface area contributed by atoms with E-state index in [9.17, 15) is 9.90 Å². The zero-order valence-corrected chi connectivity index (χ0v) is 8.65. The van der Waals surface area contributed by atoms with Gasteiger partial charge in [-0.3, -0.25) is 4.98 Å². The Morgan fingerprint density at radius 3 is 2.83 bits per heavy atom. The van der Waals surface area contributed by atoms with E-state index in [2.05, 4.69) is 4.98 Å². The second kappa shape index (κ2) is 5.27. The van der Waals surface area contributed by atoms with Gasteiger partial charge < -0.3 is 15.0 Å². The van der Waals surface area contributed by atoms with Crippen molar-refractivity contribution in [3.8, 4) is 0 Å². The molecule has 0 aliphatic carbocycles. The Hall–Kier alpha value is -0.420. The smallest absolute Gasteiger partial charge is 0.545 e. The van der Waals surface area contributed by atoms with E-state index in [1.807, 2.05) is 0 Å². The number of nitrogens with zero attached hydrogens (tertiary/aromatic N) is 1. The molecule has 0 amide bonds. The molecule has 5 heteroatoms. The van der Waals surface area contributed by atoms with Gasteiger partial charge in [0.25, 0.3) is 0 Å². The fourth-order valence-electron chi connectivity index (χ4n) is 0.692. The number of hydrogen-bond donors (Lipinski definition) is 1. The van der Waals surface area contributed by atoms with E-state index in [-0.39, 0.29) is 41.7 Å². The Kier molecular flexibility index (Phi) is 5.08. The van der Waals surface area contributed by atoms with E-state index in [1.54, 1.807) is 0 Å². The van der Waals surface area contributed by atoms with Crippen LogP contribution in [-0.2, 0) is 6.61 Å². The number of rotatable bonds is 2. The summed E-state index contributed by atoms with van der Waals surface area (Å²) >= 11 is 0. The molecular formula is C7H6NNaO3. The number of carboxylic acids is 1. The van der Waals surface area contributed by atoms with Crippen molar-refractivity contribution in [1.29, 1.82) is 0 Å². The molecule has 0 aliphatic heterocycles. The molecule has 0 spiro atoms. The Morgan fingerprint density at radius 1 is 1.67 bits per heavy atom. The van der Waals surface area contributed by atoms with Gasteiger partial charge in [-0.1, -0.05) is 0 Å². The van der Waals surface area contributed by atoms with Crippen molar-refractivity contribution >= 4 is 5.97 Å². The summed E-state index contributed by atoms with van der Waals surface area (Å²) in [6, 6.07) is 2.59. The Morgan fingerprint density at radius 2 is 2.33 bits per heavy atom. The van der Waals surface area contributed by atoms with Gasteiger partial charge in [0.1, 0.15) is 0 Å². The van der Waals surface area contributed by atoms with Crippen LogP contribution < -0.4 is 34.7 Å². The molecule has 1 N–H and O–H groups in total. The van der Waals surface area contributed by atoms with Crippen molar-refractivity contribution in [3.05, 3.63) is 29.6 Å². The van der Waals surface area contributed by atoms with Gasteiger partial charge in [-0.25, -0.2) is 0 Å². The van der Waals surface area contributed by atoms with Crippen LogP contribution in [0, 0.1) is 0 Å². The molecular weight excluding hydrogens is 169 g/mol. The average Bonchev–Trinajstić information content (AvgIpc) is 2.05. The number of aliphatic hydroxyl groups is 1. The number of carbonyl (C=O) groups is 1. The molecule has 0 saturated carbocycles. The molecule has 0 aromatic carbocycles. The van der Waals surface area contributed by atoms with Crippen molar-refractivity contribution < 1.29 is 44.6 Å². The molecule has 0 fully saturated rings. The Labute approximate surface area is 91.5 Å². The molecule has 0 saturated heterocycles. The predicted octanol–water partition coefficient (Wildman–Crippen LogP) is -4.06. The molecule has 0 unspecified atom stereocenters. The minimum absolute atomic E-state index is 0. The van der Waals surface area contributed by atoms with Crippen molar-refractivity contribution in [2.24, 2.45) is 0 Å². The summed E-state index contributed by atoms with van der Waals surface area (Å²) in [7, 11) is 0. The molecule has 12 heavy (non-hydrogen) atoms. The van der Waals surface area contributed by atoms with E-state index in [0.29, 0.717) is 5.69 Å². The first-order valence-electron chi connectivity index (χ1n) is 3.01. The van der Waals surface area contributed by atoms with Crippen LogP contribution in [-0.4, -0.2) is 16.1 Å². The standard InChI is InChI=1S/C7H7NO3.Na/c9-4-6-3-5(7(10)11)1-2-8-6;/h1-3,9H,4H2,(H,10,11);/q;+1/p-1. The number of aromatic carboxylic acids is 1. The van der Waals surface area contributed by atoms with Crippen LogP contribution in [0.3, 0.4) is 0 Å². The second-order valence-electron chi connectivity index (χ2n) is 1.98. The van der Waals surface area contributed by atoms with Crippen LogP contribution in [0.5, 0.6) is 0 Å². The molecule has 58 valence electrons. The maximum Gasteiger partial charge on any atom is 1.00 e. The zero-order chi connectivity index (χ0) is 8.27. The first-order chi connectivity index (χ1) is 5.24. The van der Waals surface area contributed by atoms with Crippen LogP contribution in [0.25, 0.3) is 0 Å². The minimum Gasteiger partial charge on any atom is -0.545 e. The largest absolute Gasteiger partial charge is 1.00 e. The summed E-state index contributed by atoms with van der Waals surface area (Å²) in [5.74, 6) is -1.26. The van der Waals surface area contributed by atoms with E-state index >= 15 is 0 Å². The van der Waals surface area contributed by atoms with Gasteiger partial charge in [0.05, 0.1) is 18.3 Å². The third-order valence-corrected chi connectivity index (χ3v) is 1.21. The van der Waals surface area contributed by atoms with E-state index in [4.69, 9.17) is 5.11 Å². The SMILES string of the molecule is O=C([O-])c1ccnc(CO)c1.[Na+]. The van der Waals surface area contributed by atoms with Crippen LogP contribution in [0.1, 0.15) is 16.1 Å². The number of aromatic nitrogens is 1. The number of carbonyl (C=O) groups excluding carboxylic acids is 1. The molecule has 0 radical (unpaired) electrons. The fraction of sp³-hybridized carbons (Fsp3) is 0.143. The molecule has 0 aliphatic rings. The van der Waals surface area contributed by atoms with Crippen LogP contribution in [0.15, 0.2) is 18.3 Å². The van der Waals surface area contributed by atoms with Crippen LogP contribution in [0.4, 0.5) is 0 Å². The third-order valence-electron chi connectivity index (χ3n) is 1.21. The molecule has 0 bridgehead atoms. The van der Waals surface area contributed by atoms with Gasteiger partial charge in [0.2, 0.25) is 0 Å². The van der Waals surface area contributed by atoms with E-state index in [0.717, 1.165) is 0 Å². The number of carboxylic acid groups (broad SMARTS) is 1. The fourth-order valence-corrected chi connectivity index (χ4v) is 0.692. The molecule has 4 nitrogen and oxygen atoms in total. The van der Waals surface area contributed by atoms with Gasteiger partial charge in [-0.05, 0) is 12.1 Å². The number of pyridine rings is 1. The predicted molar refractivity (Wildman–Crippen MR) is 34.5 cm³/mol. The summed E-state index contributed by atoms with van der Waals surface area (Å²) in [5.41, 5.74) is 0.357. The molecule has 1 aromatic rings. The quantitative estimate of drug-likeness (QED) is 0.464. The van der Waals surface area contributed by atoms with E-state index in [1.165, 1.54) is 18.3 Å². The van der Waals surface area contributed by atoms with Crippen molar-refractivity contribution in [2.75, 3.05) is 0 Å². The van der Waals surface area contributed by atoms with E-state index < -0.39 is 5.97 Å². The Bertz CT molecular complexity index is 277. The number of aliphatic hydroxyl groups excluding tert-OH is 1. The first-order valence-corrected chi connectivity index (χ1v) is 3.01. The van der Waals surface area contributed by atoms with Crippen molar-refractivity contribution in [2.45, 2.75) is 6.61 Å². The van der Waals surface area contributed by atoms with Gasteiger partial charge >= 0.3 is 29.6 Å². The zero-order valence-electron chi connectivity index (χ0n) is 6.65. The monoisotopic (exact) mass is 175 g/mol. The average molecular weight is 175 g/mol. The van der Waals surface area contributed by atoms with Gasteiger partial charge in [-0.15, -0.1) is 0 Å². The molecule has 1 aromatic heterocycles. The van der Waals surface area contributed by atoms with Crippen LogP contribution in [0.2, 0.25) is 0 Å². The Balaban J connectivity index is 0.00000121. The summed E-state index contributed by atoms with van der Waals surface area (Å²) in [4.78, 5) is 13.9.